The molecule has 0 radical (unpaired) electrons. The van der Waals surface area contributed by atoms with Crippen LogP contribution in [-0.4, -0.2) is 81.6 Å². The SMILES string of the molecule is CCN(CC)C(=O)CN(C)C(=O)N1C(C)SCC1C(=O)O. The van der Waals surface area contributed by atoms with Gasteiger partial charge in [0.1, 0.15) is 12.6 Å². The topological polar surface area (TPSA) is 81.2 Å². The average Bonchev–Trinajstić information content (AvgIpc) is 2.81. The molecule has 2 unspecified atom stereocenters. The molecule has 1 rings (SSSR count). The van der Waals surface area contributed by atoms with Crippen LogP contribution in [0.2, 0.25) is 0 Å². The van der Waals surface area contributed by atoms with Gasteiger partial charge in [-0.3, -0.25) is 9.69 Å². The summed E-state index contributed by atoms with van der Waals surface area (Å²) in [6.07, 6.45) is 0. The Morgan fingerprint density at radius 2 is 1.86 bits per heavy atom. The van der Waals surface area contributed by atoms with Crippen molar-refractivity contribution in [3.8, 4) is 0 Å². The number of carbonyl (C=O) groups is 3. The third-order valence-corrected chi connectivity index (χ3v) is 4.76. The van der Waals surface area contributed by atoms with Gasteiger partial charge in [-0.15, -0.1) is 11.8 Å². The van der Waals surface area contributed by atoms with E-state index < -0.39 is 18.0 Å². The summed E-state index contributed by atoms with van der Waals surface area (Å²) in [5, 5.41) is 8.97. The van der Waals surface area contributed by atoms with Gasteiger partial charge in [-0.25, -0.2) is 9.59 Å². The van der Waals surface area contributed by atoms with Crippen LogP contribution in [0.5, 0.6) is 0 Å². The molecule has 1 N–H and O–H groups in total. The first kappa shape index (κ1) is 17.6. The summed E-state index contributed by atoms with van der Waals surface area (Å²) in [5.41, 5.74) is 0. The minimum atomic E-state index is -1.01. The molecule has 7 nitrogen and oxygen atoms in total. The molecule has 0 aromatic rings. The van der Waals surface area contributed by atoms with Crippen molar-refractivity contribution in [3.05, 3.63) is 0 Å². The third-order valence-electron chi connectivity index (χ3n) is 3.54. The summed E-state index contributed by atoms with van der Waals surface area (Å²) in [7, 11) is 1.53. The summed E-state index contributed by atoms with van der Waals surface area (Å²) >= 11 is 1.42. The monoisotopic (exact) mass is 317 g/mol. The molecule has 1 aliphatic rings. The molecular weight excluding hydrogens is 294 g/mol. The first-order valence-electron chi connectivity index (χ1n) is 6.99. The second kappa shape index (κ2) is 7.53. The molecule has 0 spiro atoms. The average molecular weight is 317 g/mol. The van der Waals surface area contributed by atoms with E-state index in [1.165, 1.54) is 28.6 Å². The van der Waals surface area contributed by atoms with Crippen LogP contribution in [0.4, 0.5) is 4.79 Å². The standard InChI is InChI=1S/C13H23N3O4S/c1-5-15(6-2)11(17)7-14(4)13(20)16-9(3)21-8-10(16)12(18)19/h9-10H,5-8H2,1-4H3,(H,18,19). The Morgan fingerprint density at radius 3 is 2.33 bits per heavy atom. The predicted molar refractivity (Wildman–Crippen MR) is 81.1 cm³/mol. The van der Waals surface area contributed by atoms with Gasteiger partial charge >= 0.3 is 12.0 Å². The maximum atomic E-state index is 12.4. The Morgan fingerprint density at radius 1 is 1.29 bits per heavy atom. The second-order valence-electron chi connectivity index (χ2n) is 4.90. The van der Waals surface area contributed by atoms with Gasteiger partial charge in [-0.05, 0) is 20.8 Å². The van der Waals surface area contributed by atoms with Crippen LogP contribution in [0, 0.1) is 0 Å². The van der Waals surface area contributed by atoms with Crippen molar-refractivity contribution in [2.24, 2.45) is 0 Å². The highest BCUT2D eigenvalue weighted by atomic mass is 32.2. The number of nitrogens with zero attached hydrogens (tertiary/aromatic N) is 3. The number of likely N-dealkylation sites (N-methyl/N-ethyl adjacent to an activating group) is 2. The number of thioether (sulfide) groups is 1. The molecule has 3 amide bonds. The van der Waals surface area contributed by atoms with Crippen LogP contribution < -0.4 is 0 Å². The lowest BCUT2D eigenvalue weighted by molar-refractivity contribution is -0.141. The molecular formula is C13H23N3O4S. The number of carbonyl (C=O) groups excluding carboxylic acids is 2. The molecule has 1 fully saturated rings. The zero-order chi connectivity index (χ0) is 16.2. The van der Waals surface area contributed by atoms with Crippen molar-refractivity contribution in [1.29, 1.82) is 0 Å². The molecule has 0 aliphatic carbocycles. The van der Waals surface area contributed by atoms with Crippen molar-refractivity contribution in [2.45, 2.75) is 32.2 Å². The maximum absolute atomic E-state index is 12.4. The van der Waals surface area contributed by atoms with Crippen LogP contribution in [0.1, 0.15) is 20.8 Å². The Kier molecular flexibility index (Phi) is 6.32. The van der Waals surface area contributed by atoms with E-state index in [4.69, 9.17) is 0 Å². The summed E-state index contributed by atoms with van der Waals surface area (Å²) in [6, 6.07) is -1.25. The first-order chi connectivity index (χ1) is 9.83. The molecule has 1 aliphatic heterocycles. The van der Waals surface area contributed by atoms with E-state index in [1.54, 1.807) is 11.8 Å². The number of rotatable bonds is 5. The first-order valence-corrected chi connectivity index (χ1v) is 8.03. The smallest absolute Gasteiger partial charge is 0.327 e. The Balaban J connectivity index is 2.73. The summed E-state index contributed by atoms with van der Waals surface area (Å²) in [5.74, 6) is -0.772. The Bertz CT molecular complexity index is 414. The highest BCUT2D eigenvalue weighted by Crippen LogP contribution is 2.29. The Hall–Kier alpha value is -1.44. The van der Waals surface area contributed by atoms with E-state index in [2.05, 4.69) is 0 Å². The van der Waals surface area contributed by atoms with Crippen molar-refractivity contribution >= 4 is 29.7 Å². The van der Waals surface area contributed by atoms with E-state index in [0.29, 0.717) is 18.8 Å². The van der Waals surface area contributed by atoms with Crippen molar-refractivity contribution < 1.29 is 19.5 Å². The third kappa shape index (κ3) is 4.03. The molecule has 21 heavy (non-hydrogen) atoms. The van der Waals surface area contributed by atoms with Crippen LogP contribution in [0.15, 0.2) is 0 Å². The van der Waals surface area contributed by atoms with Crippen molar-refractivity contribution in [2.75, 3.05) is 32.4 Å². The number of hydrogen-bond donors (Lipinski definition) is 1. The highest BCUT2D eigenvalue weighted by molar-refractivity contribution is 8.00. The molecule has 8 heteroatoms. The van der Waals surface area contributed by atoms with Crippen LogP contribution in [-0.2, 0) is 9.59 Å². The largest absolute Gasteiger partial charge is 0.480 e. The molecule has 2 atom stereocenters. The molecule has 0 saturated carbocycles. The van der Waals surface area contributed by atoms with Gasteiger partial charge in [0.2, 0.25) is 5.91 Å². The zero-order valence-corrected chi connectivity index (χ0v) is 13.7. The lowest BCUT2D eigenvalue weighted by Crippen LogP contribution is -2.52. The highest BCUT2D eigenvalue weighted by Gasteiger charge is 2.41. The van der Waals surface area contributed by atoms with E-state index in [9.17, 15) is 19.5 Å². The fourth-order valence-corrected chi connectivity index (χ4v) is 3.43. The van der Waals surface area contributed by atoms with Gasteiger partial charge in [0.05, 0.1) is 5.37 Å². The van der Waals surface area contributed by atoms with Crippen molar-refractivity contribution in [1.82, 2.24) is 14.7 Å². The van der Waals surface area contributed by atoms with Crippen LogP contribution in [0.25, 0.3) is 0 Å². The molecule has 0 bridgehead atoms. The van der Waals surface area contributed by atoms with Gasteiger partial charge in [-0.2, -0.15) is 0 Å². The van der Waals surface area contributed by atoms with E-state index in [0.717, 1.165) is 0 Å². The number of urea groups is 1. The fraction of sp³-hybridized carbons (Fsp3) is 0.769. The van der Waals surface area contributed by atoms with E-state index in [-0.39, 0.29) is 17.8 Å². The predicted octanol–water partition coefficient (Wildman–Crippen LogP) is 0.755. The van der Waals surface area contributed by atoms with Gasteiger partial charge in [0.15, 0.2) is 0 Å². The summed E-state index contributed by atoms with van der Waals surface area (Å²) < 4.78 is 0. The molecule has 120 valence electrons. The molecule has 0 aromatic heterocycles. The van der Waals surface area contributed by atoms with Crippen LogP contribution in [0.3, 0.4) is 0 Å². The van der Waals surface area contributed by atoms with E-state index >= 15 is 0 Å². The van der Waals surface area contributed by atoms with Crippen LogP contribution >= 0.6 is 11.8 Å². The number of hydrogen-bond acceptors (Lipinski definition) is 4. The fourth-order valence-electron chi connectivity index (χ4n) is 2.27. The summed E-state index contributed by atoms with van der Waals surface area (Å²) in [4.78, 5) is 39.9. The zero-order valence-electron chi connectivity index (χ0n) is 12.9. The van der Waals surface area contributed by atoms with Gasteiger partial charge in [0, 0.05) is 25.9 Å². The lowest BCUT2D eigenvalue weighted by Gasteiger charge is -2.31. The summed E-state index contributed by atoms with van der Waals surface area (Å²) in [6.45, 7) is 6.69. The number of carboxylic acid groups (broad SMARTS) is 1. The minimum Gasteiger partial charge on any atom is -0.480 e. The Labute approximate surface area is 129 Å². The lowest BCUT2D eigenvalue weighted by atomic mass is 10.3. The molecule has 0 aromatic carbocycles. The minimum absolute atomic E-state index is 0.0409. The molecule has 1 heterocycles. The second-order valence-corrected chi connectivity index (χ2v) is 6.25. The van der Waals surface area contributed by atoms with Gasteiger partial charge in [0.25, 0.3) is 0 Å². The number of aliphatic carboxylic acids is 1. The number of amides is 3. The maximum Gasteiger partial charge on any atom is 0.327 e. The molecule has 1 saturated heterocycles. The van der Waals surface area contributed by atoms with E-state index in [1.807, 2.05) is 13.8 Å². The van der Waals surface area contributed by atoms with Gasteiger partial charge in [-0.1, -0.05) is 0 Å². The van der Waals surface area contributed by atoms with Crippen molar-refractivity contribution in [3.63, 3.8) is 0 Å². The van der Waals surface area contributed by atoms with Gasteiger partial charge < -0.3 is 14.9 Å². The normalized spacial score (nSPS) is 21.2. The number of carboxylic acids is 1. The quantitative estimate of drug-likeness (QED) is 0.809.